The van der Waals surface area contributed by atoms with Gasteiger partial charge in [0.05, 0.1) is 5.02 Å². The van der Waals surface area contributed by atoms with Crippen molar-refractivity contribution >= 4 is 33.5 Å². The fourth-order valence-electron chi connectivity index (χ4n) is 1.52. The van der Waals surface area contributed by atoms with Crippen LogP contribution in [-0.2, 0) is 10.0 Å². The van der Waals surface area contributed by atoms with E-state index in [0.29, 0.717) is 0 Å². The summed E-state index contributed by atoms with van der Waals surface area (Å²) in [7, 11) is -4.20. The summed E-state index contributed by atoms with van der Waals surface area (Å²) in [6.07, 6.45) is 0. The first-order valence-corrected chi connectivity index (χ1v) is 7.56. The molecule has 116 valence electrons. The average molecular weight is 345 g/mol. The van der Waals surface area contributed by atoms with E-state index in [1.54, 1.807) is 4.72 Å². The molecule has 0 aliphatic rings. The highest BCUT2D eigenvalue weighted by molar-refractivity contribution is 7.90. The number of carbonyl (C=O) groups is 1. The number of amides is 2. The molecule has 2 rings (SSSR count). The van der Waals surface area contributed by atoms with E-state index in [1.807, 2.05) is 10.3 Å². The van der Waals surface area contributed by atoms with Crippen LogP contribution in [0.25, 0.3) is 0 Å². The second-order valence-electron chi connectivity index (χ2n) is 3.99. The molecule has 0 spiro atoms. The number of hydrogen-bond donors (Lipinski definition) is 4. The molecule has 22 heavy (non-hydrogen) atoms. The number of aromatic nitrogens is 2. The molecule has 0 bridgehead atoms. The predicted octanol–water partition coefficient (Wildman–Crippen LogP) is 0.227. The van der Waals surface area contributed by atoms with Crippen LogP contribution in [0.3, 0.4) is 0 Å². The molecule has 0 radical (unpaired) electrons. The molecule has 9 nitrogen and oxygen atoms in total. The quantitative estimate of drug-likeness (QED) is 0.630. The van der Waals surface area contributed by atoms with E-state index in [1.165, 1.54) is 24.3 Å². The Balaban J connectivity index is 2.20. The Bertz CT molecular complexity index is 905. The Kier molecular flexibility index (Phi) is 4.33. The van der Waals surface area contributed by atoms with E-state index < -0.39 is 27.3 Å². The molecule has 2 amide bonds. The summed E-state index contributed by atoms with van der Waals surface area (Å²) >= 11 is 5.75. The predicted molar refractivity (Wildman–Crippen MR) is 78.5 cm³/mol. The van der Waals surface area contributed by atoms with Crippen molar-refractivity contribution in [2.45, 2.75) is 4.90 Å². The minimum Gasteiger partial charge on any atom is -0.293 e. The minimum atomic E-state index is -4.20. The number of carbonyl (C=O) groups excluding carboxylic acids is 1. The highest BCUT2D eigenvalue weighted by atomic mass is 35.5. The summed E-state index contributed by atoms with van der Waals surface area (Å²) in [5.41, 5.74) is -1.61. The van der Waals surface area contributed by atoms with Gasteiger partial charge in [0.1, 0.15) is 10.7 Å². The number of halogens is 1. The molecule has 1 aromatic heterocycles. The molecule has 0 fully saturated rings. The maximum atomic E-state index is 12.0. The molecule has 0 aliphatic heterocycles. The molecule has 4 N–H and O–H groups in total. The fourth-order valence-corrected chi connectivity index (χ4v) is 2.95. The van der Waals surface area contributed by atoms with Crippen molar-refractivity contribution in [1.29, 1.82) is 0 Å². The molecule has 0 unspecified atom stereocenters. The summed E-state index contributed by atoms with van der Waals surface area (Å²) in [5.74, 6) is -0.263. The van der Waals surface area contributed by atoms with Crippen molar-refractivity contribution < 1.29 is 13.2 Å². The monoisotopic (exact) mass is 344 g/mol. The van der Waals surface area contributed by atoms with E-state index in [0.717, 1.165) is 6.07 Å². The van der Waals surface area contributed by atoms with Crippen molar-refractivity contribution in [2.24, 2.45) is 0 Å². The topological polar surface area (TPSA) is 141 Å². The van der Waals surface area contributed by atoms with Gasteiger partial charge in [0.2, 0.25) is 0 Å². The summed E-state index contributed by atoms with van der Waals surface area (Å²) in [4.78, 5) is 37.5. The lowest BCUT2D eigenvalue weighted by Gasteiger charge is -2.09. The van der Waals surface area contributed by atoms with E-state index in [2.05, 4.69) is 4.98 Å². The van der Waals surface area contributed by atoms with E-state index in [4.69, 9.17) is 11.6 Å². The largest absolute Gasteiger partial charge is 0.334 e. The Morgan fingerprint density at radius 2 is 1.82 bits per heavy atom. The number of rotatable bonds is 3. The van der Waals surface area contributed by atoms with Crippen molar-refractivity contribution in [3.05, 3.63) is 56.2 Å². The van der Waals surface area contributed by atoms with Crippen LogP contribution in [0.15, 0.2) is 44.8 Å². The van der Waals surface area contributed by atoms with Gasteiger partial charge in [0, 0.05) is 6.07 Å². The molecule has 0 saturated heterocycles. The highest BCUT2D eigenvalue weighted by Crippen LogP contribution is 2.20. The molecule has 1 heterocycles. The molecule has 1 aromatic carbocycles. The second-order valence-corrected chi connectivity index (χ2v) is 6.05. The molecule has 0 aliphatic carbocycles. The fraction of sp³-hybridized carbons (Fsp3) is 0. The third-order valence-electron chi connectivity index (χ3n) is 2.36. The van der Waals surface area contributed by atoms with Crippen LogP contribution >= 0.6 is 11.6 Å². The lowest BCUT2D eigenvalue weighted by Crippen LogP contribution is -2.36. The Hall–Kier alpha value is -2.59. The zero-order chi connectivity index (χ0) is 16.3. The standard InChI is InChI=1S/C11H9ClN4O5S/c12-6-3-1-2-4-7(6)22(20,21)16-11(19)14-8-5-9(17)15-10(18)13-8/h1-5H,(H4,13,14,15,16,17,18,19). The second kappa shape index (κ2) is 6.03. The maximum Gasteiger partial charge on any atom is 0.334 e. The third-order valence-corrected chi connectivity index (χ3v) is 4.19. The van der Waals surface area contributed by atoms with Gasteiger partial charge in [0.15, 0.2) is 0 Å². The van der Waals surface area contributed by atoms with Crippen molar-refractivity contribution in [2.75, 3.05) is 5.32 Å². The number of H-pyrrole nitrogens is 2. The van der Waals surface area contributed by atoms with Gasteiger partial charge >= 0.3 is 11.7 Å². The first kappa shape index (κ1) is 15.8. The number of anilines is 1. The summed E-state index contributed by atoms with van der Waals surface area (Å²) in [6.45, 7) is 0. The van der Waals surface area contributed by atoms with E-state index >= 15 is 0 Å². The van der Waals surface area contributed by atoms with Crippen LogP contribution in [-0.4, -0.2) is 24.4 Å². The molecule has 11 heteroatoms. The van der Waals surface area contributed by atoms with Crippen LogP contribution < -0.4 is 21.3 Å². The van der Waals surface area contributed by atoms with Gasteiger partial charge < -0.3 is 0 Å². The Morgan fingerprint density at radius 1 is 1.14 bits per heavy atom. The van der Waals surface area contributed by atoms with Gasteiger partial charge in [-0.1, -0.05) is 23.7 Å². The molecule has 0 saturated carbocycles. The number of sulfonamides is 1. The SMILES string of the molecule is O=C(Nc1cc(=O)[nH]c(=O)[nH]1)NS(=O)(=O)c1ccccc1Cl. The lowest BCUT2D eigenvalue weighted by molar-refractivity contribution is 0.256. The van der Waals surface area contributed by atoms with Crippen molar-refractivity contribution in [3.63, 3.8) is 0 Å². The molecule has 0 atom stereocenters. The van der Waals surface area contributed by atoms with Gasteiger partial charge in [-0.25, -0.2) is 22.7 Å². The molecule has 2 aromatic rings. The Labute approximate surface area is 128 Å². The summed E-state index contributed by atoms with van der Waals surface area (Å²) in [6, 6.07) is 5.24. The summed E-state index contributed by atoms with van der Waals surface area (Å²) in [5, 5.41) is 1.96. The van der Waals surface area contributed by atoms with Gasteiger partial charge in [-0.05, 0) is 12.1 Å². The van der Waals surface area contributed by atoms with Crippen LogP contribution in [0.2, 0.25) is 5.02 Å². The van der Waals surface area contributed by atoms with Gasteiger partial charge in [-0.15, -0.1) is 0 Å². The van der Waals surface area contributed by atoms with Crippen molar-refractivity contribution in [1.82, 2.24) is 14.7 Å². The lowest BCUT2D eigenvalue weighted by atomic mass is 10.4. The van der Waals surface area contributed by atoms with E-state index in [-0.39, 0.29) is 15.7 Å². The number of nitrogens with one attached hydrogen (secondary N) is 4. The normalized spacial score (nSPS) is 11.0. The maximum absolute atomic E-state index is 12.0. The van der Waals surface area contributed by atoms with Gasteiger partial charge in [0.25, 0.3) is 15.6 Å². The highest BCUT2D eigenvalue weighted by Gasteiger charge is 2.20. The number of aromatic amines is 2. The third kappa shape index (κ3) is 3.74. The summed E-state index contributed by atoms with van der Waals surface area (Å²) < 4.78 is 25.7. The van der Waals surface area contributed by atoms with Crippen LogP contribution in [0, 0.1) is 0 Å². The van der Waals surface area contributed by atoms with Gasteiger partial charge in [-0.3, -0.25) is 20.1 Å². The van der Waals surface area contributed by atoms with E-state index in [9.17, 15) is 22.8 Å². The van der Waals surface area contributed by atoms with Crippen LogP contribution in [0.5, 0.6) is 0 Å². The first-order chi connectivity index (χ1) is 10.3. The van der Waals surface area contributed by atoms with Crippen molar-refractivity contribution in [3.8, 4) is 0 Å². The van der Waals surface area contributed by atoms with Crippen LogP contribution in [0.4, 0.5) is 10.6 Å². The molecular weight excluding hydrogens is 336 g/mol. The first-order valence-electron chi connectivity index (χ1n) is 5.70. The number of urea groups is 1. The van der Waals surface area contributed by atoms with Gasteiger partial charge in [-0.2, -0.15) is 0 Å². The molecular formula is C11H9ClN4O5S. The zero-order valence-electron chi connectivity index (χ0n) is 10.7. The number of hydrogen-bond acceptors (Lipinski definition) is 5. The smallest absolute Gasteiger partial charge is 0.293 e. The number of benzene rings is 1. The average Bonchev–Trinajstić information content (AvgIpc) is 2.36. The Morgan fingerprint density at radius 3 is 2.45 bits per heavy atom. The minimum absolute atomic E-state index is 0.0626. The zero-order valence-corrected chi connectivity index (χ0v) is 12.3. The van der Waals surface area contributed by atoms with Crippen LogP contribution in [0.1, 0.15) is 0 Å².